The molecule has 0 aliphatic carbocycles. The maximum atomic E-state index is 10.7. The zero-order valence-electron chi connectivity index (χ0n) is 9.00. The fourth-order valence-electron chi connectivity index (χ4n) is 1.02. The summed E-state index contributed by atoms with van der Waals surface area (Å²) >= 11 is 6.55. The predicted octanol–water partition coefficient (Wildman–Crippen LogP) is 0.386. The molecule has 0 aromatic carbocycles. The van der Waals surface area contributed by atoms with E-state index in [2.05, 4.69) is 9.97 Å². The smallest absolute Gasteiger partial charge is 0.185 e. The first-order valence-electron chi connectivity index (χ1n) is 4.69. The van der Waals surface area contributed by atoms with Gasteiger partial charge in [0.05, 0.1) is 18.0 Å². The number of thioether (sulfide) groups is 1. The summed E-state index contributed by atoms with van der Waals surface area (Å²) in [4.78, 5) is 18.2. The summed E-state index contributed by atoms with van der Waals surface area (Å²) in [5.74, 6) is 0.121. The van der Waals surface area contributed by atoms with E-state index in [1.54, 1.807) is 0 Å². The molecule has 1 aromatic heterocycles. The van der Waals surface area contributed by atoms with Crippen LogP contribution >= 0.6 is 23.4 Å². The molecule has 8 heteroatoms. The quantitative estimate of drug-likeness (QED) is 0.730. The zero-order valence-corrected chi connectivity index (χ0v) is 10.6. The molecule has 17 heavy (non-hydrogen) atoms. The molecule has 0 bridgehead atoms. The molecule has 94 valence electrons. The van der Waals surface area contributed by atoms with Gasteiger partial charge in [-0.3, -0.25) is 4.79 Å². The number of aromatic nitrogens is 2. The number of anilines is 1. The van der Waals surface area contributed by atoms with Gasteiger partial charge in [-0.25, -0.2) is 9.97 Å². The highest BCUT2D eigenvalue weighted by molar-refractivity contribution is 8.13. The normalized spacial score (nSPS) is 14.4. The van der Waals surface area contributed by atoms with Crippen molar-refractivity contribution in [1.29, 1.82) is 0 Å². The second-order valence-electron chi connectivity index (χ2n) is 3.29. The van der Waals surface area contributed by atoms with Crippen LogP contribution in [-0.2, 0) is 4.79 Å². The molecule has 6 nitrogen and oxygen atoms in total. The van der Waals surface area contributed by atoms with E-state index in [4.69, 9.17) is 17.3 Å². The molecule has 2 atom stereocenters. The molecule has 0 spiro atoms. The van der Waals surface area contributed by atoms with Crippen molar-refractivity contribution < 1.29 is 15.0 Å². The van der Waals surface area contributed by atoms with Gasteiger partial charge >= 0.3 is 0 Å². The lowest BCUT2D eigenvalue weighted by atomic mass is 10.2. The first-order valence-corrected chi connectivity index (χ1v) is 6.05. The van der Waals surface area contributed by atoms with E-state index in [1.807, 2.05) is 0 Å². The molecular weight excluding hydrogens is 266 g/mol. The van der Waals surface area contributed by atoms with Crippen LogP contribution in [0.4, 0.5) is 5.82 Å². The van der Waals surface area contributed by atoms with Gasteiger partial charge in [0.1, 0.15) is 6.10 Å². The molecule has 0 aliphatic heterocycles. The lowest BCUT2D eigenvalue weighted by Crippen LogP contribution is -2.22. The fourth-order valence-corrected chi connectivity index (χ4v) is 1.76. The standard InChI is InChI=1S/C9H12ClN3O3S/c1-4(14)17-3-6(15)7(16)5-2-12-9(11)8(10)13-5/h2,6-7,15-16H,3H2,1H3,(H2,11,12). The van der Waals surface area contributed by atoms with Crippen LogP contribution in [0.2, 0.25) is 5.15 Å². The van der Waals surface area contributed by atoms with Crippen molar-refractivity contribution >= 4 is 34.3 Å². The fraction of sp³-hybridized carbons (Fsp3) is 0.444. The van der Waals surface area contributed by atoms with E-state index in [-0.39, 0.29) is 27.5 Å². The highest BCUT2D eigenvalue weighted by Crippen LogP contribution is 2.21. The minimum atomic E-state index is -1.26. The van der Waals surface area contributed by atoms with Crippen LogP contribution in [0, 0.1) is 0 Å². The summed E-state index contributed by atoms with van der Waals surface area (Å²) in [5, 5.41) is 19.2. The third kappa shape index (κ3) is 4.12. The highest BCUT2D eigenvalue weighted by atomic mass is 35.5. The van der Waals surface area contributed by atoms with Crippen LogP contribution in [0.3, 0.4) is 0 Å². The van der Waals surface area contributed by atoms with Gasteiger partial charge in [-0.05, 0) is 0 Å². The zero-order chi connectivity index (χ0) is 13.0. The Morgan fingerprint density at radius 2 is 2.29 bits per heavy atom. The SMILES string of the molecule is CC(=O)SCC(O)C(O)c1cnc(N)c(Cl)n1. The van der Waals surface area contributed by atoms with Gasteiger partial charge in [-0.1, -0.05) is 23.4 Å². The number of aliphatic hydroxyl groups excluding tert-OH is 2. The van der Waals surface area contributed by atoms with Crippen LogP contribution < -0.4 is 5.73 Å². The number of nitrogen functional groups attached to an aromatic ring is 1. The predicted molar refractivity (Wildman–Crippen MR) is 65.6 cm³/mol. The summed E-state index contributed by atoms with van der Waals surface area (Å²) < 4.78 is 0. The lowest BCUT2D eigenvalue weighted by molar-refractivity contribution is -0.109. The van der Waals surface area contributed by atoms with Crippen molar-refractivity contribution in [1.82, 2.24) is 9.97 Å². The summed E-state index contributed by atoms with van der Waals surface area (Å²) in [6.07, 6.45) is -1.15. The Hall–Kier alpha value is -0.890. The molecule has 0 amide bonds. The topological polar surface area (TPSA) is 109 Å². The number of rotatable bonds is 4. The molecule has 0 radical (unpaired) electrons. The highest BCUT2D eigenvalue weighted by Gasteiger charge is 2.21. The second kappa shape index (κ2) is 6.15. The van der Waals surface area contributed by atoms with Crippen molar-refractivity contribution in [3.05, 3.63) is 17.0 Å². The number of nitrogens with zero attached hydrogens (tertiary/aromatic N) is 2. The maximum absolute atomic E-state index is 10.7. The molecule has 0 aliphatic rings. The summed E-state index contributed by atoms with van der Waals surface area (Å²) in [6.45, 7) is 1.38. The summed E-state index contributed by atoms with van der Waals surface area (Å²) in [5.41, 5.74) is 5.48. The second-order valence-corrected chi connectivity index (χ2v) is 4.84. The van der Waals surface area contributed by atoms with E-state index >= 15 is 0 Å². The Labute approximate surface area is 107 Å². The molecule has 0 saturated heterocycles. The number of nitrogens with two attached hydrogens (primary N) is 1. The maximum Gasteiger partial charge on any atom is 0.185 e. The Kier molecular flexibility index (Phi) is 5.13. The van der Waals surface area contributed by atoms with Crippen LogP contribution in [0.5, 0.6) is 0 Å². The number of carbonyl (C=O) groups excluding carboxylic acids is 1. The van der Waals surface area contributed by atoms with Gasteiger partial charge in [0.2, 0.25) is 0 Å². The molecule has 1 aromatic rings. The molecular formula is C9H12ClN3O3S. The Balaban J connectivity index is 2.70. The van der Waals surface area contributed by atoms with Gasteiger partial charge in [0.15, 0.2) is 16.1 Å². The summed E-state index contributed by atoms with van der Waals surface area (Å²) in [6, 6.07) is 0. The third-order valence-corrected chi connectivity index (χ3v) is 3.09. The Morgan fingerprint density at radius 3 is 2.82 bits per heavy atom. The van der Waals surface area contributed by atoms with Crippen molar-refractivity contribution in [2.45, 2.75) is 19.1 Å². The number of carbonyl (C=O) groups is 1. The molecule has 0 fully saturated rings. The lowest BCUT2D eigenvalue weighted by Gasteiger charge is -2.16. The minimum Gasteiger partial charge on any atom is -0.389 e. The number of hydrogen-bond acceptors (Lipinski definition) is 7. The Morgan fingerprint density at radius 1 is 1.65 bits per heavy atom. The van der Waals surface area contributed by atoms with Crippen LogP contribution in [0.15, 0.2) is 6.20 Å². The van der Waals surface area contributed by atoms with E-state index in [0.717, 1.165) is 11.8 Å². The average molecular weight is 278 g/mol. The Bertz CT molecular complexity index is 418. The van der Waals surface area contributed by atoms with Crippen molar-refractivity contribution in [2.24, 2.45) is 0 Å². The van der Waals surface area contributed by atoms with Crippen molar-refractivity contribution in [3.8, 4) is 0 Å². The van der Waals surface area contributed by atoms with Gasteiger partial charge in [-0.2, -0.15) is 0 Å². The molecule has 1 rings (SSSR count). The van der Waals surface area contributed by atoms with Gasteiger partial charge in [0.25, 0.3) is 0 Å². The molecule has 0 saturated carbocycles. The van der Waals surface area contributed by atoms with E-state index < -0.39 is 12.2 Å². The van der Waals surface area contributed by atoms with Gasteiger partial charge in [-0.15, -0.1) is 0 Å². The van der Waals surface area contributed by atoms with Crippen molar-refractivity contribution in [2.75, 3.05) is 11.5 Å². The van der Waals surface area contributed by atoms with E-state index in [0.29, 0.717) is 0 Å². The molecule has 4 N–H and O–H groups in total. The van der Waals surface area contributed by atoms with Crippen LogP contribution in [0.25, 0.3) is 0 Å². The van der Waals surface area contributed by atoms with Crippen LogP contribution in [-0.4, -0.2) is 37.2 Å². The largest absolute Gasteiger partial charge is 0.389 e. The third-order valence-electron chi connectivity index (χ3n) is 1.90. The first-order chi connectivity index (χ1) is 7.91. The summed E-state index contributed by atoms with van der Waals surface area (Å²) in [7, 11) is 0. The molecule has 2 unspecified atom stereocenters. The van der Waals surface area contributed by atoms with Crippen molar-refractivity contribution in [3.63, 3.8) is 0 Å². The number of halogens is 1. The molecule has 1 heterocycles. The minimum absolute atomic E-state index is 0.0343. The number of hydrogen-bond donors (Lipinski definition) is 3. The van der Waals surface area contributed by atoms with Crippen LogP contribution in [0.1, 0.15) is 18.7 Å². The number of aliphatic hydroxyl groups is 2. The van der Waals surface area contributed by atoms with E-state index in [9.17, 15) is 15.0 Å². The first kappa shape index (κ1) is 14.2. The van der Waals surface area contributed by atoms with Gasteiger partial charge < -0.3 is 15.9 Å². The van der Waals surface area contributed by atoms with Gasteiger partial charge in [0, 0.05) is 12.7 Å². The average Bonchev–Trinajstić information content (AvgIpc) is 2.28. The van der Waals surface area contributed by atoms with E-state index in [1.165, 1.54) is 13.1 Å². The monoisotopic (exact) mass is 277 g/mol.